The zero-order chi connectivity index (χ0) is 16.1. The zero-order valence-corrected chi connectivity index (χ0v) is 13.9. The van der Waals surface area contributed by atoms with E-state index in [1.165, 1.54) is 18.9 Å². The van der Waals surface area contributed by atoms with E-state index in [1.807, 2.05) is 30.4 Å². The van der Waals surface area contributed by atoms with Crippen LogP contribution in [0.25, 0.3) is 0 Å². The first-order valence-electron chi connectivity index (χ1n) is 7.32. The molecule has 1 atom stereocenters. The van der Waals surface area contributed by atoms with Crippen molar-refractivity contribution in [3.63, 3.8) is 0 Å². The summed E-state index contributed by atoms with van der Waals surface area (Å²) in [5.41, 5.74) is 2.69. The third-order valence-corrected chi connectivity index (χ3v) is 4.47. The molecule has 1 N–H and O–H groups in total. The Balaban J connectivity index is 2.09. The summed E-state index contributed by atoms with van der Waals surface area (Å²) in [4.78, 5) is 23.0. The van der Waals surface area contributed by atoms with Crippen molar-refractivity contribution < 1.29 is 14.3 Å². The smallest absolute Gasteiger partial charge is 0.338 e. The standard InChI is InChI=1S/C17H21NO3S/c1-11(2)14-8-7-12(9-15(14)16(19)21-3)5-4-6-13-10-22-17(20)18-13/h4,6-9,11,13H,5,10H2,1-3H3,(H,18,20)/b6-4+/t13-/m0/s1. The van der Waals surface area contributed by atoms with Crippen molar-refractivity contribution >= 4 is 23.0 Å². The van der Waals surface area contributed by atoms with E-state index in [-0.39, 0.29) is 23.2 Å². The lowest BCUT2D eigenvalue weighted by atomic mass is 9.94. The maximum absolute atomic E-state index is 11.9. The number of amides is 1. The number of hydrogen-bond donors (Lipinski definition) is 1. The molecule has 0 aliphatic carbocycles. The number of ether oxygens (including phenoxy) is 1. The predicted octanol–water partition coefficient (Wildman–Crippen LogP) is 3.52. The molecular weight excluding hydrogens is 298 g/mol. The Kier molecular flexibility index (Phi) is 5.66. The molecule has 0 aromatic heterocycles. The highest BCUT2D eigenvalue weighted by molar-refractivity contribution is 8.14. The molecule has 0 saturated carbocycles. The molecule has 1 aliphatic heterocycles. The van der Waals surface area contributed by atoms with E-state index in [0.717, 1.165) is 23.3 Å². The monoisotopic (exact) mass is 319 g/mol. The molecule has 0 spiro atoms. The SMILES string of the molecule is COC(=O)c1cc(C/C=C/[C@H]2CSC(=O)N2)ccc1C(C)C. The highest BCUT2D eigenvalue weighted by Crippen LogP contribution is 2.22. The van der Waals surface area contributed by atoms with Crippen LogP contribution in [0.1, 0.15) is 41.3 Å². The molecule has 22 heavy (non-hydrogen) atoms. The Morgan fingerprint density at radius 2 is 2.27 bits per heavy atom. The highest BCUT2D eigenvalue weighted by Gasteiger charge is 2.18. The van der Waals surface area contributed by atoms with E-state index in [4.69, 9.17) is 4.74 Å². The number of rotatable bonds is 5. The molecule has 4 nitrogen and oxygen atoms in total. The molecule has 118 valence electrons. The maximum atomic E-state index is 11.9. The maximum Gasteiger partial charge on any atom is 0.338 e. The van der Waals surface area contributed by atoms with Crippen LogP contribution in [0, 0.1) is 0 Å². The minimum atomic E-state index is -0.297. The van der Waals surface area contributed by atoms with Crippen LogP contribution in [0.2, 0.25) is 0 Å². The summed E-state index contributed by atoms with van der Waals surface area (Å²) in [6.07, 6.45) is 4.76. The molecule has 2 rings (SSSR count). The minimum absolute atomic E-state index is 0.0314. The Labute approximate surface area is 135 Å². The Morgan fingerprint density at radius 3 is 2.86 bits per heavy atom. The van der Waals surface area contributed by atoms with Gasteiger partial charge in [0, 0.05) is 5.75 Å². The number of hydrogen-bond acceptors (Lipinski definition) is 4. The van der Waals surface area contributed by atoms with Gasteiger partial charge in [0.2, 0.25) is 0 Å². The van der Waals surface area contributed by atoms with Gasteiger partial charge < -0.3 is 10.1 Å². The lowest BCUT2D eigenvalue weighted by Gasteiger charge is -2.12. The van der Waals surface area contributed by atoms with E-state index in [9.17, 15) is 9.59 Å². The van der Waals surface area contributed by atoms with Crippen molar-refractivity contribution in [2.24, 2.45) is 0 Å². The Morgan fingerprint density at radius 1 is 1.50 bits per heavy atom. The van der Waals surface area contributed by atoms with E-state index in [2.05, 4.69) is 19.2 Å². The number of esters is 1. The third kappa shape index (κ3) is 4.13. The second-order valence-electron chi connectivity index (χ2n) is 5.55. The second-order valence-corrected chi connectivity index (χ2v) is 6.54. The van der Waals surface area contributed by atoms with Crippen molar-refractivity contribution in [1.82, 2.24) is 5.32 Å². The van der Waals surface area contributed by atoms with Crippen LogP contribution >= 0.6 is 11.8 Å². The lowest BCUT2D eigenvalue weighted by Crippen LogP contribution is -2.23. The molecule has 1 aromatic rings. The number of methoxy groups -OCH3 is 1. The topological polar surface area (TPSA) is 55.4 Å². The summed E-state index contributed by atoms with van der Waals surface area (Å²) in [6.45, 7) is 4.11. The molecule has 1 saturated heterocycles. The molecule has 0 radical (unpaired) electrons. The van der Waals surface area contributed by atoms with Gasteiger partial charge in [0.1, 0.15) is 0 Å². The first-order valence-corrected chi connectivity index (χ1v) is 8.31. The van der Waals surface area contributed by atoms with Gasteiger partial charge in [-0.3, -0.25) is 4.79 Å². The van der Waals surface area contributed by atoms with E-state index >= 15 is 0 Å². The summed E-state index contributed by atoms with van der Waals surface area (Å²) in [7, 11) is 1.40. The van der Waals surface area contributed by atoms with Crippen LogP contribution in [0.3, 0.4) is 0 Å². The summed E-state index contributed by atoms with van der Waals surface area (Å²) in [5, 5.41) is 2.90. The number of carbonyl (C=O) groups excluding carboxylic acids is 2. The van der Waals surface area contributed by atoms with Gasteiger partial charge in [-0.25, -0.2) is 4.79 Å². The van der Waals surface area contributed by atoms with Crippen LogP contribution in [0.5, 0.6) is 0 Å². The average molecular weight is 319 g/mol. The van der Waals surface area contributed by atoms with Crippen molar-refractivity contribution in [3.05, 3.63) is 47.0 Å². The van der Waals surface area contributed by atoms with Gasteiger partial charge in [0.15, 0.2) is 0 Å². The highest BCUT2D eigenvalue weighted by atomic mass is 32.2. The fourth-order valence-corrected chi connectivity index (χ4v) is 3.15. The van der Waals surface area contributed by atoms with Crippen LogP contribution in [-0.2, 0) is 11.2 Å². The fraction of sp³-hybridized carbons (Fsp3) is 0.412. The van der Waals surface area contributed by atoms with Crippen LogP contribution < -0.4 is 5.32 Å². The molecule has 1 aliphatic rings. The van der Waals surface area contributed by atoms with E-state index < -0.39 is 0 Å². The summed E-state index contributed by atoms with van der Waals surface area (Å²) in [6, 6.07) is 6.03. The van der Waals surface area contributed by atoms with Crippen molar-refractivity contribution in [2.75, 3.05) is 12.9 Å². The van der Waals surface area contributed by atoms with Crippen molar-refractivity contribution in [2.45, 2.75) is 32.2 Å². The number of benzene rings is 1. The lowest BCUT2D eigenvalue weighted by molar-refractivity contribution is 0.0599. The van der Waals surface area contributed by atoms with Crippen molar-refractivity contribution in [1.29, 1.82) is 0 Å². The van der Waals surface area contributed by atoms with E-state index in [1.54, 1.807) is 0 Å². The quantitative estimate of drug-likeness (QED) is 0.666. The molecule has 0 unspecified atom stereocenters. The third-order valence-electron chi connectivity index (χ3n) is 3.56. The largest absolute Gasteiger partial charge is 0.465 e. The molecule has 1 heterocycles. The van der Waals surface area contributed by atoms with Gasteiger partial charge in [-0.05, 0) is 29.5 Å². The number of carbonyl (C=O) groups is 2. The molecule has 5 heteroatoms. The summed E-state index contributed by atoms with van der Waals surface area (Å²) < 4.78 is 4.87. The normalized spacial score (nSPS) is 18.0. The average Bonchev–Trinajstić information content (AvgIpc) is 2.91. The molecule has 0 bridgehead atoms. The van der Waals surface area contributed by atoms with Crippen LogP contribution in [0.4, 0.5) is 4.79 Å². The van der Waals surface area contributed by atoms with Crippen LogP contribution in [0.15, 0.2) is 30.4 Å². The molecule has 1 aromatic carbocycles. The first-order chi connectivity index (χ1) is 10.5. The number of nitrogens with one attached hydrogen (secondary N) is 1. The van der Waals surface area contributed by atoms with Gasteiger partial charge in [-0.15, -0.1) is 0 Å². The molecule has 1 fully saturated rings. The van der Waals surface area contributed by atoms with Gasteiger partial charge in [-0.2, -0.15) is 0 Å². The predicted molar refractivity (Wildman–Crippen MR) is 89.5 cm³/mol. The second kappa shape index (κ2) is 7.49. The van der Waals surface area contributed by atoms with Gasteiger partial charge in [0.25, 0.3) is 5.24 Å². The Bertz CT molecular complexity index is 596. The zero-order valence-electron chi connectivity index (χ0n) is 13.1. The first kappa shape index (κ1) is 16.6. The number of allylic oxidation sites excluding steroid dienone is 1. The van der Waals surface area contributed by atoms with E-state index in [0.29, 0.717) is 5.56 Å². The van der Waals surface area contributed by atoms with Gasteiger partial charge >= 0.3 is 5.97 Å². The summed E-state index contributed by atoms with van der Waals surface area (Å²) >= 11 is 1.30. The minimum Gasteiger partial charge on any atom is -0.465 e. The van der Waals surface area contributed by atoms with Gasteiger partial charge in [0.05, 0.1) is 18.7 Å². The summed E-state index contributed by atoms with van der Waals surface area (Å²) in [5.74, 6) is 0.744. The van der Waals surface area contributed by atoms with Crippen LogP contribution in [-0.4, -0.2) is 30.1 Å². The molecular formula is C17H21NO3S. The molecule has 1 amide bonds. The van der Waals surface area contributed by atoms with Gasteiger partial charge in [-0.1, -0.05) is 49.9 Å². The van der Waals surface area contributed by atoms with Crippen molar-refractivity contribution in [3.8, 4) is 0 Å². The number of thioether (sulfide) groups is 1. The Hall–Kier alpha value is -1.75. The fourth-order valence-electron chi connectivity index (χ4n) is 2.39.